The zero-order valence-electron chi connectivity index (χ0n) is 34.1. The van der Waals surface area contributed by atoms with Gasteiger partial charge in [-0.05, 0) is 25.2 Å². The molecule has 1 saturated heterocycles. The molecule has 7 N–H and O–H groups in total. The van der Waals surface area contributed by atoms with Crippen LogP contribution in [0.1, 0.15) is 149 Å². The van der Waals surface area contributed by atoms with Crippen LogP contribution in [0.2, 0.25) is 0 Å². The second-order valence-corrected chi connectivity index (χ2v) is 15.6. The number of carbonyl (C=O) groups excluding carboxylic acids is 3. The van der Waals surface area contributed by atoms with E-state index in [-0.39, 0.29) is 67.9 Å². The van der Waals surface area contributed by atoms with Crippen LogP contribution in [0.15, 0.2) is 11.1 Å². The fourth-order valence-corrected chi connectivity index (χ4v) is 6.75. The third kappa shape index (κ3) is 16.2. The van der Waals surface area contributed by atoms with Crippen molar-refractivity contribution in [1.29, 1.82) is 0 Å². The second kappa shape index (κ2) is 25.6. The van der Waals surface area contributed by atoms with Crippen LogP contribution in [0, 0.1) is 11.8 Å². The first-order valence-electron chi connectivity index (χ1n) is 21.0. The molecule has 2 aromatic heterocycles. The summed E-state index contributed by atoms with van der Waals surface area (Å²) in [4.78, 5) is 59.9. The second-order valence-electron chi connectivity index (χ2n) is 15.6. The zero-order valence-corrected chi connectivity index (χ0v) is 34.1. The molecule has 7 atom stereocenters. The number of imidazole rings is 1. The van der Waals surface area contributed by atoms with E-state index in [0.29, 0.717) is 0 Å². The largest absolute Gasteiger partial charge is 0.465 e. The number of aromatic nitrogens is 4. The van der Waals surface area contributed by atoms with Gasteiger partial charge in [-0.15, -0.1) is 0 Å². The van der Waals surface area contributed by atoms with Crippen molar-refractivity contribution < 1.29 is 47.9 Å². The van der Waals surface area contributed by atoms with Gasteiger partial charge in [-0.1, -0.05) is 111 Å². The number of rotatable bonds is 29. The molecule has 1 fully saturated rings. The van der Waals surface area contributed by atoms with Crippen molar-refractivity contribution in [3.05, 3.63) is 16.7 Å². The Kier molecular flexibility index (Phi) is 21.5. The third-order valence-corrected chi connectivity index (χ3v) is 10.4. The molecule has 1 aliphatic heterocycles. The number of esters is 3. The van der Waals surface area contributed by atoms with Gasteiger partial charge in [-0.2, -0.15) is 9.37 Å². The molecule has 1 aliphatic rings. The molecule has 3 rings (SSSR count). The first kappa shape index (κ1) is 47.7. The molecular weight excluding hydrogens is 743 g/mol. The van der Waals surface area contributed by atoms with Crippen molar-refractivity contribution in [3.63, 3.8) is 0 Å². The van der Waals surface area contributed by atoms with Gasteiger partial charge in [0.1, 0.15) is 18.2 Å². The number of fused-ring (bicyclic) bond motifs is 1. The number of alkyl halides is 1. The van der Waals surface area contributed by atoms with E-state index < -0.39 is 60.4 Å². The molecule has 3 heterocycles. The van der Waals surface area contributed by atoms with Crippen LogP contribution < -0.4 is 17.0 Å². The molecule has 0 bridgehead atoms. The Morgan fingerprint density at radius 1 is 0.877 bits per heavy atom. The summed E-state index contributed by atoms with van der Waals surface area (Å²) in [5.41, 5.74) is 10.7. The number of aliphatic hydroxyl groups is 2. The van der Waals surface area contributed by atoms with Crippen LogP contribution in [0.5, 0.6) is 0 Å². The fraction of sp³-hybridized carbons (Fsp3) is 0.800. The van der Waals surface area contributed by atoms with Crippen molar-refractivity contribution in [2.75, 3.05) is 18.9 Å². The molecule has 17 heteroatoms. The molecule has 0 aliphatic carbocycles. The van der Waals surface area contributed by atoms with Gasteiger partial charge in [0.25, 0.3) is 11.9 Å². The topological polar surface area (TPSA) is 244 Å². The maximum absolute atomic E-state index is 15.2. The van der Waals surface area contributed by atoms with Gasteiger partial charge in [0.2, 0.25) is 5.95 Å². The number of carbonyl (C=O) groups is 3. The Morgan fingerprint density at radius 2 is 1.44 bits per heavy atom. The van der Waals surface area contributed by atoms with Gasteiger partial charge in [-0.3, -0.25) is 28.7 Å². The van der Waals surface area contributed by atoms with E-state index in [1.54, 1.807) is 13.8 Å². The van der Waals surface area contributed by atoms with Crippen LogP contribution in [0.4, 0.5) is 10.3 Å². The van der Waals surface area contributed by atoms with E-state index >= 15 is 4.39 Å². The number of ether oxygens (including phenoxy) is 4. The van der Waals surface area contributed by atoms with E-state index in [9.17, 15) is 29.4 Å². The van der Waals surface area contributed by atoms with Gasteiger partial charge >= 0.3 is 17.9 Å². The third-order valence-electron chi connectivity index (χ3n) is 10.4. The fourth-order valence-electron chi connectivity index (χ4n) is 6.75. The molecule has 0 aromatic carbocycles. The summed E-state index contributed by atoms with van der Waals surface area (Å²) in [5.74, 6) is -2.74. The molecule has 0 saturated carbocycles. The number of aliphatic hydroxyl groups excluding tert-OH is 2. The minimum Gasteiger partial charge on any atom is -0.465 e. The van der Waals surface area contributed by atoms with Crippen LogP contribution >= 0.6 is 0 Å². The standard InChI is InChI=1S/C40H67FN6O10/c1-4-5-6-7-8-9-10-11-12-13-14-15-16-17-18-21-28(48)54-23-27(24-55-39(53)30(42)26(2)3)20-19-22-29(49)56-35(41)34-32(50)33(51)38(57-34)47-25-44-31-36(47)45-40(43)46-37(31)52/h25-27,30,32-35,38,50-51H,4-24,42H2,1-3H3,(H3,43,45,46,52)/t27?,30-,32-,33+,34-,35?,38+/m0/s1. The van der Waals surface area contributed by atoms with Crippen LogP contribution in [0.3, 0.4) is 0 Å². The zero-order chi connectivity index (χ0) is 41.7. The Morgan fingerprint density at radius 3 is 2.04 bits per heavy atom. The lowest BCUT2D eigenvalue weighted by Crippen LogP contribution is -2.39. The molecule has 2 unspecified atom stereocenters. The summed E-state index contributed by atoms with van der Waals surface area (Å²) in [7, 11) is 0. The minimum absolute atomic E-state index is 0.0424. The predicted molar refractivity (Wildman–Crippen MR) is 211 cm³/mol. The monoisotopic (exact) mass is 810 g/mol. The normalized spacial score (nSPS) is 19.8. The highest BCUT2D eigenvalue weighted by atomic mass is 19.1. The van der Waals surface area contributed by atoms with E-state index in [2.05, 4.69) is 21.9 Å². The lowest BCUT2D eigenvalue weighted by atomic mass is 10.0. The average Bonchev–Trinajstić information content (AvgIpc) is 3.73. The molecule has 0 radical (unpaired) electrons. The number of halogens is 1. The smallest absolute Gasteiger partial charge is 0.323 e. The van der Waals surface area contributed by atoms with Crippen molar-refractivity contribution in [1.82, 2.24) is 19.5 Å². The Bertz CT molecular complexity index is 1560. The van der Waals surface area contributed by atoms with E-state index in [1.165, 1.54) is 70.6 Å². The number of nitrogens with zero attached hydrogens (tertiary/aromatic N) is 3. The number of unbranched alkanes of at least 4 members (excludes halogenated alkanes) is 14. The van der Waals surface area contributed by atoms with Crippen molar-refractivity contribution in [2.24, 2.45) is 17.6 Å². The molecule has 324 valence electrons. The summed E-state index contributed by atoms with van der Waals surface area (Å²) in [6.45, 7) is 5.69. The number of aromatic amines is 1. The maximum Gasteiger partial charge on any atom is 0.323 e. The van der Waals surface area contributed by atoms with Gasteiger partial charge < -0.3 is 40.6 Å². The van der Waals surface area contributed by atoms with E-state index in [1.807, 2.05) is 0 Å². The predicted octanol–water partition coefficient (Wildman–Crippen LogP) is 5.28. The Hall–Kier alpha value is -3.67. The lowest BCUT2D eigenvalue weighted by Gasteiger charge is -2.21. The van der Waals surface area contributed by atoms with Gasteiger partial charge in [-0.25, -0.2) is 4.98 Å². The van der Waals surface area contributed by atoms with Gasteiger partial charge in [0.15, 0.2) is 23.5 Å². The Labute approximate surface area is 334 Å². The van der Waals surface area contributed by atoms with Crippen molar-refractivity contribution >= 4 is 35.0 Å². The van der Waals surface area contributed by atoms with Gasteiger partial charge in [0, 0.05) is 18.8 Å². The Balaban J connectivity index is 1.37. The summed E-state index contributed by atoms with van der Waals surface area (Å²) < 4.78 is 37.7. The van der Waals surface area contributed by atoms with Crippen molar-refractivity contribution in [2.45, 2.75) is 180 Å². The molecule has 0 spiro atoms. The number of hydrogen-bond acceptors (Lipinski definition) is 14. The minimum atomic E-state index is -2.46. The van der Waals surface area contributed by atoms with Gasteiger partial charge in [0.05, 0.1) is 19.5 Å². The highest BCUT2D eigenvalue weighted by molar-refractivity contribution is 5.75. The van der Waals surface area contributed by atoms with Crippen LogP contribution in [-0.2, 0) is 33.3 Å². The molecular formula is C40H67FN6O10. The number of nitrogens with two attached hydrogens (primary N) is 2. The summed E-state index contributed by atoms with van der Waals surface area (Å²) >= 11 is 0. The van der Waals surface area contributed by atoms with E-state index in [4.69, 9.17) is 30.4 Å². The number of anilines is 1. The summed E-state index contributed by atoms with van der Waals surface area (Å²) in [6, 6.07) is -0.828. The number of H-pyrrole nitrogens is 1. The first-order valence-corrected chi connectivity index (χ1v) is 21.0. The molecule has 16 nitrogen and oxygen atoms in total. The molecule has 57 heavy (non-hydrogen) atoms. The number of hydrogen-bond donors (Lipinski definition) is 5. The van der Waals surface area contributed by atoms with Crippen molar-refractivity contribution in [3.8, 4) is 0 Å². The lowest BCUT2D eigenvalue weighted by molar-refractivity contribution is -0.182. The average molecular weight is 811 g/mol. The SMILES string of the molecule is CCCCCCCCCCCCCCCCCC(=O)OCC(CCCC(=O)OC(F)[C@H]1O[C@@H](n2cnc3c(=O)[nH]c(N)nc32)[C@H](O)[C@@H]1O)COC(=O)[C@@H](N)C(C)C. The quantitative estimate of drug-likeness (QED) is 0.0399. The van der Waals surface area contributed by atoms with E-state index in [0.717, 1.165) is 36.6 Å². The molecule has 2 aromatic rings. The summed E-state index contributed by atoms with van der Waals surface area (Å²) in [5, 5.41) is 21.2. The maximum atomic E-state index is 15.2. The summed E-state index contributed by atoms with van der Waals surface area (Å²) in [6.07, 6.45) is 10.8. The highest BCUT2D eigenvalue weighted by Gasteiger charge is 2.49. The first-order chi connectivity index (χ1) is 27.3. The van der Waals surface area contributed by atoms with Crippen LogP contribution in [0.25, 0.3) is 11.2 Å². The highest BCUT2D eigenvalue weighted by Crippen LogP contribution is 2.34. The number of nitrogens with one attached hydrogen (secondary N) is 1. The van der Waals surface area contributed by atoms with Crippen LogP contribution in [-0.4, -0.2) is 91.6 Å². The number of nitrogen functional groups attached to an aromatic ring is 1. The molecule has 0 amide bonds.